The Hall–Kier alpha value is -3.66. The maximum absolute atomic E-state index is 13.6. The first-order chi connectivity index (χ1) is 20.9. The Kier molecular flexibility index (Phi) is 10.2. The average Bonchev–Trinajstić information content (AvgIpc) is 3.80. The number of carbonyl (C=O) groups excluding carboxylic acids is 2. The molecule has 1 aromatic heterocycles. The van der Waals surface area contributed by atoms with Gasteiger partial charge in [-0.1, -0.05) is 30.1 Å². The molecule has 1 aliphatic carbocycles. The van der Waals surface area contributed by atoms with Gasteiger partial charge in [-0.15, -0.1) is 0 Å². The Balaban J connectivity index is 1.23. The molecule has 43 heavy (non-hydrogen) atoms. The zero-order chi connectivity index (χ0) is 30.3. The first-order valence-corrected chi connectivity index (χ1v) is 15.7. The number of ether oxygens (including phenoxy) is 2. The van der Waals surface area contributed by atoms with Gasteiger partial charge in [0.1, 0.15) is 17.2 Å². The van der Waals surface area contributed by atoms with Crippen molar-refractivity contribution in [3.63, 3.8) is 0 Å². The highest BCUT2D eigenvalue weighted by Gasteiger charge is 2.31. The minimum absolute atomic E-state index is 0.0475. The van der Waals surface area contributed by atoms with E-state index in [9.17, 15) is 14.0 Å². The predicted octanol–water partition coefficient (Wildman–Crippen LogP) is 7.39. The average molecular weight is 605 g/mol. The number of nitrogens with one attached hydrogen (secondary N) is 1. The number of nitrogens with zero attached hydrogens (tertiary/aromatic N) is 1. The van der Waals surface area contributed by atoms with E-state index in [0.29, 0.717) is 66.9 Å². The largest absolute Gasteiger partial charge is 0.455 e. The van der Waals surface area contributed by atoms with Gasteiger partial charge in [-0.25, -0.2) is 4.39 Å². The number of anilines is 1. The van der Waals surface area contributed by atoms with Crippen LogP contribution in [0.2, 0.25) is 0 Å². The van der Waals surface area contributed by atoms with E-state index >= 15 is 0 Å². The standard InChI is InChI=1S/C34H37FN2O5S/c1-22(38)26-7-4-6-23(18-26)21-41-16-5-15-40-17-14-37(43-3)30-20-31-29(19-28(30)24-8-9-24)32(34(39)36-2)33(42-31)25-10-12-27(35)13-11-25/h4,6-7,10-13,18-20,24H,5,8-9,14-17,21H2,1-3H3,(H,36,39). The van der Waals surface area contributed by atoms with Crippen LogP contribution < -0.4 is 9.62 Å². The molecule has 3 aromatic carbocycles. The van der Waals surface area contributed by atoms with Crippen molar-refractivity contribution in [1.82, 2.24) is 5.32 Å². The van der Waals surface area contributed by atoms with E-state index in [-0.39, 0.29) is 17.5 Å². The van der Waals surface area contributed by atoms with E-state index in [4.69, 9.17) is 13.9 Å². The number of ketones is 1. The number of carbonyl (C=O) groups is 2. The van der Waals surface area contributed by atoms with Gasteiger partial charge in [0.2, 0.25) is 0 Å². The minimum atomic E-state index is -0.346. The summed E-state index contributed by atoms with van der Waals surface area (Å²) >= 11 is 1.63. The SMILES string of the molecule is CNC(=O)c1c(-c2ccc(F)cc2)oc2cc(N(CCOCCCOCc3cccc(C(C)=O)c3)SC)c(C3CC3)cc12. The number of hydrogen-bond donors (Lipinski definition) is 1. The van der Waals surface area contributed by atoms with Gasteiger partial charge in [0.15, 0.2) is 5.78 Å². The van der Waals surface area contributed by atoms with Crippen LogP contribution in [-0.2, 0) is 16.1 Å². The molecule has 1 amide bonds. The van der Waals surface area contributed by atoms with Crippen molar-refractivity contribution in [1.29, 1.82) is 0 Å². The van der Waals surface area contributed by atoms with Crippen molar-refractivity contribution in [3.8, 4) is 11.3 Å². The number of fused-ring (bicyclic) bond motifs is 1. The van der Waals surface area contributed by atoms with E-state index in [1.54, 1.807) is 38.1 Å². The molecule has 7 nitrogen and oxygen atoms in total. The third-order valence-electron chi connectivity index (χ3n) is 7.52. The zero-order valence-electron chi connectivity index (χ0n) is 24.8. The molecular weight excluding hydrogens is 567 g/mol. The molecule has 9 heteroatoms. The van der Waals surface area contributed by atoms with Gasteiger partial charge in [-0.2, -0.15) is 0 Å². The molecule has 0 bridgehead atoms. The topological polar surface area (TPSA) is 81.0 Å². The number of halogens is 1. The van der Waals surface area contributed by atoms with Crippen molar-refractivity contribution in [2.24, 2.45) is 0 Å². The van der Waals surface area contributed by atoms with Crippen LogP contribution in [-0.4, -0.2) is 51.4 Å². The van der Waals surface area contributed by atoms with Gasteiger partial charge in [0.05, 0.1) is 31.0 Å². The monoisotopic (exact) mass is 604 g/mol. The number of furan rings is 1. The van der Waals surface area contributed by atoms with Crippen LogP contribution in [0.25, 0.3) is 22.3 Å². The Morgan fingerprint density at radius 1 is 1.05 bits per heavy atom. The quantitative estimate of drug-likeness (QED) is 0.0861. The molecule has 4 aromatic rings. The molecule has 1 fully saturated rings. The summed E-state index contributed by atoms with van der Waals surface area (Å²) in [4.78, 5) is 24.6. The first kappa shape index (κ1) is 30.8. The highest BCUT2D eigenvalue weighted by atomic mass is 32.2. The third-order valence-corrected chi connectivity index (χ3v) is 8.34. The minimum Gasteiger partial charge on any atom is -0.455 e. The number of benzene rings is 3. The fourth-order valence-corrected chi connectivity index (χ4v) is 5.75. The fraction of sp³-hybridized carbons (Fsp3) is 0.353. The molecule has 5 rings (SSSR count). The summed E-state index contributed by atoms with van der Waals surface area (Å²) in [5.41, 5.74) is 5.66. The van der Waals surface area contributed by atoms with Crippen LogP contribution in [0.4, 0.5) is 10.1 Å². The summed E-state index contributed by atoms with van der Waals surface area (Å²) in [6, 6.07) is 17.6. The molecule has 0 saturated heterocycles. The lowest BCUT2D eigenvalue weighted by Crippen LogP contribution is -2.21. The maximum Gasteiger partial charge on any atom is 0.255 e. The smallest absolute Gasteiger partial charge is 0.255 e. The summed E-state index contributed by atoms with van der Waals surface area (Å²) in [5.74, 6) is 0.329. The second-order valence-corrected chi connectivity index (χ2v) is 11.4. The molecule has 1 heterocycles. The molecule has 0 atom stereocenters. The van der Waals surface area contributed by atoms with Crippen molar-refractivity contribution in [3.05, 3.63) is 88.7 Å². The summed E-state index contributed by atoms with van der Waals surface area (Å²) < 4.78 is 33.8. The molecule has 0 unspecified atom stereocenters. The van der Waals surface area contributed by atoms with Crippen molar-refractivity contribution in [2.75, 3.05) is 44.0 Å². The van der Waals surface area contributed by atoms with Crippen molar-refractivity contribution >= 4 is 40.3 Å². The van der Waals surface area contributed by atoms with Gasteiger partial charge >= 0.3 is 0 Å². The number of Topliss-reactive ketones (excluding diaryl/α,β-unsaturated/α-hetero) is 1. The van der Waals surface area contributed by atoms with Crippen LogP contribution in [0.1, 0.15) is 63.9 Å². The van der Waals surface area contributed by atoms with Crippen LogP contribution in [0.15, 0.2) is 65.1 Å². The van der Waals surface area contributed by atoms with E-state index in [1.807, 2.05) is 36.6 Å². The Bertz CT molecular complexity index is 1580. The van der Waals surface area contributed by atoms with E-state index < -0.39 is 0 Å². The van der Waals surface area contributed by atoms with Gasteiger partial charge in [0, 0.05) is 49.1 Å². The van der Waals surface area contributed by atoms with Gasteiger partial charge < -0.3 is 23.5 Å². The Morgan fingerprint density at radius 3 is 2.51 bits per heavy atom. The molecule has 0 radical (unpaired) electrons. The molecular formula is C34H37FN2O5S. The van der Waals surface area contributed by atoms with Crippen LogP contribution in [0.3, 0.4) is 0 Å². The fourth-order valence-electron chi connectivity index (χ4n) is 5.13. The Labute approximate surface area is 255 Å². The number of hydrogen-bond acceptors (Lipinski definition) is 7. The zero-order valence-corrected chi connectivity index (χ0v) is 25.6. The molecule has 1 aliphatic rings. The summed E-state index contributed by atoms with van der Waals surface area (Å²) in [5, 5.41) is 3.49. The van der Waals surface area contributed by atoms with Crippen molar-refractivity contribution in [2.45, 2.75) is 38.7 Å². The van der Waals surface area contributed by atoms with Gasteiger partial charge in [-0.3, -0.25) is 9.59 Å². The molecule has 0 spiro atoms. The first-order valence-electron chi connectivity index (χ1n) is 14.5. The molecule has 1 N–H and O–H groups in total. The third kappa shape index (κ3) is 7.47. The Morgan fingerprint density at radius 2 is 1.81 bits per heavy atom. The van der Waals surface area contributed by atoms with Crippen LogP contribution in [0.5, 0.6) is 0 Å². The highest BCUT2D eigenvalue weighted by Crippen LogP contribution is 2.48. The van der Waals surface area contributed by atoms with E-state index in [0.717, 1.165) is 35.9 Å². The number of rotatable bonds is 15. The van der Waals surface area contributed by atoms with Crippen LogP contribution in [0, 0.1) is 5.82 Å². The lowest BCUT2D eigenvalue weighted by molar-refractivity contribution is 0.0786. The maximum atomic E-state index is 13.6. The van der Waals surface area contributed by atoms with Crippen molar-refractivity contribution < 1.29 is 27.9 Å². The highest BCUT2D eigenvalue weighted by molar-refractivity contribution is 7.99. The molecule has 226 valence electrons. The summed E-state index contributed by atoms with van der Waals surface area (Å²) in [6.45, 7) is 4.41. The second kappa shape index (κ2) is 14.2. The molecule has 0 aliphatic heterocycles. The van der Waals surface area contributed by atoms with Crippen LogP contribution >= 0.6 is 11.9 Å². The lowest BCUT2D eigenvalue weighted by atomic mass is 10.0. The second-order valence-electron chi connectivity index (χ2n) is 10.6. The van der Waals surface area contributed by atoms with Gasteiger partial charge in [0.25, 0.3) is 5.91 Å². The molecule has 1 saturated carbocycles. The predicted molar refractivity (Wildman–Crippen MR) is 169 cm³/mol. The lowest BCUT2D eigenvalue weighted by Gasteiger charge is -2.24. The summed E-state index contributed by atoms with van der Waals surface area (Å²) in [7, 11) is 1.60. The normalized spacial score (nSPS) is 12.9. The van der Waals surface area contributed by atoms with E-state index in [1.165, 1.54) is 17.7 Å². The summed E-state index contributed by atoms with van der Waals surface area (Å²) in [6.07, 6.45) is 5.02. The number of amides is 1. The van der Waals surface area contributed by atoms with E-state index in [2.05, 4.69) is 15.7 Å². The van der Waals surface area contributed by atoms with Gasteiger partial charge in [-0.05, 0) is 79.6 Å².